The summed E-state index contributed by atoms with van der Waals surface area (Å²) in [6.07, 6.45) is 0. The summed E-state index contributed by atoms with van der Waals surface area (Å²) in [5, 5.41) is 0. The molecule has 0 spiro atoms. The SMILES string of the molecule is COc1cc(OC)c(OC)c(C(=O)N(C)C)c1. The molecule has 1 rings (SSSR count). The van der Waals surface area contributed by atoms with Crippen molar-refractivity contribution in [3.63, 3.8) is 0 Å². The fraction of sp³-hybridized carbons (Fsp3) is 0.417. The molecule has 0 aliphatic heterocycles. The Balaban J connectivity index is 3.39. The van der Waals surface area contributed by atoms with Gasteiger partial charge in [0.2, 0.25) is 0 Å². The van der Waals surface area contributed by atoms with Crippen molar-refractivity contribution in [1.29, 1.82) is 0 Å². The first kappa shape index (κ1) is 13.2. The van der Waals surface area contributed by atoms with Crippen molar-refractivity contribution in [1.82, 2.24) is 4.90 Å². The molecule has 5 heteroatoms. The number of carbonyl (C=O) groups excluding carboxylic acids is 1. The highest BCUT2D eigenvalue weighted by molar-refractivity contribution is 5.98. The Bertz CT molecular complexity index is 415. The first-order chi connectivity index (χ1) is 8.04. The van der Waals surface area contributed by atoms with Crippen LogP contribution in [0.3, 0.4) is 0 Å². The van der Waals surface area contributed by atoms with Gasteiger partial charge in [-0.05, 0) is 6.07 Å². The third-order valence-corrected chi connectivity index (χ3v) is 2.32. The number of rotatable bonds is 4. The van der Waals surface area contributed by atoms with Gasteiger partial charge in [-0.15, -0.1) is 0 Å². The van der Waals surface area contributed by atoms with E-state index in [1.165, 1.54) is 26.2 Å². The summed E-state index contributed by atoms with van der Waals surface area (Å²) < 4.78 is 15.5. The highest BCUT2D eigenvalue weighted by atomic mass is 16.5. The third-order valence-electron chi connectivity index (χ3n) is 2.32. The number of hydrogen-bond donors (Lipinski definition) is 0. The maximum Gasteiger partial charge on any atom is 0.257 e. The molecule has 94 valence electrons. The van der Waals surface area contributed by atoms with Gasteiger partial charge in [0, 0.05) is 20.2 Å². The van der Waals surface area contributed by atoms with Crippen LogP contribution in [-0.4, -0.2) is 46.2 Å². The second-order valence-corrected chi connectivity index (χ2v) is 3.61. The predicted molar refractivity (Wildman–Crippen MR) is 64.1 cm³/mol. The molecule has 0 aliphatic rings. The van der Waals surface area contributed by atoms with Crippen LogP contribution in [0.1, 0.15) is 10.4 Å². The molecule has 5 nitrogen and oxygen atoms in total. The third kappa shape index (κ3) is 2.61. The van der Waals surface area contributed by atoms with Gasteiger partial charge in [-0.1, -0.05) is 0 Å². The van der Waals surface area contributed by atoms with E-state index in [0.29, 0.717) is 22.8 Å². The molecule has 0 saturated heterocycles. The van der Waals surface area contributed by atoms with E-state index >= 15 is 0 Å². The summed E-state index contributed by atoms with van der Waals surface area (Å²) in [5.74, 6) is 1.26. The van der Waals surface area contributed by atoms with Gasteiger partial charge in [-0.25, -0.2) is 0 Å². The standard InChI is InChI=1S/C12H17NO4/c1-13(2)12(14)9-6-8(15-3)7-10(16-4)11(9)17-5/h6-7H,1-5H3. The molecule has 0 unspecified atom stereocenters. The molecule has 1 aromatic carbocycles. The van der Waals surface area contributed by atoms with Crippen molar-refractivity contribution in [2.75, 3.05) is 35.4 Å². The Kier molecular flexibility index (Phi) is 4.20. The second-order valence-electron chi connectivity index (χ2n) is 3.61. The fourth-order valence-electron chi connectivity index (χ4n) is 1.46. The predicted octanol–water partition coefficient (Wildman–Crippen LogP) is 1.41. The lowest BCUT2D eigenvalue weighted by molar-refractivity contribution is 0.0823. The van der Waals surface area contributed by atoms with E-state index in [1.54, 1.807) is 26.2 Å². The first-order valence-corrected chi connectivity index (χ1v) is 5.06. The zero-order valence-corrected chi connectivity index (χ0v) is 10.7. The molecular formula is C12H17NO4. The molecule has 0 radical (unpaired) electrons. The summed E-state index contributed by atoms with van der Waals surface area (Å²) in [7, 11) is 7.89. The van der Waals surface area contributed by atoms with Crippen LogP contribution in [0.25, 0.3) is 0 Å². The Labute approximate surface area is 101 Å². The molecule has 0 fully saturated rings. The highest BCUT2D eigenvalue weighted by Crippen LogP contribution is 2.35. The van der Waals surface area contributed by atoms with Crippen molar-refractivity contribution in [3.8, 4) is 17.2 Å². The summed E-state index contributed by atoms with van der Waals surface area (Å²) in [6.45, 7) is 0. The summed E-state index contributed by atoms with van der Waals surface area (Å²) in [4.78, 5) is 13.5. The Morgan fingerprint density at radius 1 is 1.06 bits per heavy atom. The number of hydrogen-bond acceptors (Lipinski definition) is 4. The Morgan fingerprint density at radius 3 is 2.12 bits per heavy atom. The molecule has 0 atom stereocenters. The van der Waals surface area contributed by atoms with Crippen molar-refractivity contribution in [2.45, 2.75) is 0 Å². The molecule has 0 bridgehead atoms. The maximum absolute atomic E-state index is 12.0. The minimum atomic E-state index is -0.168. The number of ether oxygens (including phenoxy) is 3. The highest BCUT2D eigenvalue weighted by Gasteiger charge is 2.20. The average Bonchev–Trinajstić information content (AvgIpc) is 2.35. The van der Waals surface area contributed by atoms with Gasteiger partial charge in [0.15, 0.2) is 11.5 Å². The number of methoxy groups -OCH3 is 3. The van der Waals surface area contributed by atoms with Crippen molar-refractivity contribution in [3.05, 3.63) is 17.7 Å². The Morgan fingerprint density at radius 2 is 1.71 bits per heavy atom. The number of benzene rings is 1. The molecule has 17 heavy (non-hydrogen) atoms. The van der Waals surface area contributed by atoms with Crippen LogP contribution in [0.2, 0.25) is 0 Å². The summed E-state index contributed by atoms with van der Waals surface area (Å²) in [5.41, 5.74) is 0.411. The molecule has 0 saturated carbocycles. The van der Waals surface area contributed by atoms with Crippen LogP contribution in [0, 0.1) is 0 Å². The number of carbonyl (C=O) groups is 1. The molecule has 0 heterocycles. The summed E-state index contributed by atoms with van der Waals surface area (Å²) >= 11 is 0. The van der Waals surface area contributed by atoms with Gasteiger partial charge in [0.25, 0.3) is 5.91 Å². The molecule has 0 N–H and O–H groups in total. The van der Waals surface area contributed by atoms with E-state index in [-0.39, 0.29) is 5.91 Å². The fourth-order valence-corrected chi connectivity index (χ4v) is 1.46. The second kappa shape index (κ2) is 5.43. The maximum atomic E-state index is 12.0. The van der Waals surface area contributed by atoms with Gasteiger partial charge in [0.1, 0.15) is 5.75 Å². The lowest BCUT2D eigenvalue weighted by Gasteiger charge is -2.16. The van der Waals surface area contributed by atoms with E-state index in [0.717, 1.165) is 0 Å². The van der Waals surface area contributed by atoms with Crippen LogP contribution in [0.4, 0.5) is 0 Å². The smallest absolute Gasteiger partial charge is 0.257 e. The van der Waals surface area contributed by atoms with E-state index in [9.17, 15) is 4.79 Å². The molecule has 0 aliphatic carbocycles. The number of amides is 1. The van der Waals surface area contributed by atoms with Gasteiger partial charge in [-0.2, -0.15) is 0 Å². The molecular weight excluding hydrogens is 222 g/mol. The monoisotopic (exact) mass is 239 g/mol. The lowest BCUT2D eigenvalue weighted by Crippen LogP contribution is -2.22. The normalized spacial score (nSPS) is 9.71. The van der Waals surface area contributed by atoms with Gasteiger partial charge >= 0.3 is 0 Å². The van der Waals surface area contributed by atoms with Crippen LogP contribution in [0.5, 0.6) is 17.2 Å². The van der Waals surface area contributed by atoms with E-state index in [2.05, 4.69) is 0 Å². The molecule has 1 aromatic rings. The number of nitrogens with zero attached hydrogens (tertiary/aromatic N) is 1. The minimum absolute atomic E-state index is 0.168. The molecule has 1 amide bonds. The molecule has 0 aromatic heterocycles. The largest absolute Gasteiger partial charge is 0.497 e. The van der Waals surface area contributed by atoms with E-state index in [1.807, 2.05) is 0 Å². The lowest BCUT2D eigenvalue weighted by atomic mass is 10.1. The van der Waals surface area contributed by atoms with Crippen LogP contribution < -0.4 is 14.2 Å². The van der Waals surface area contributed by atoms with Gasteiger partial charge in [0.05, 0.1) is 26.9 Å². The summed E-state index contributed by atoms with van der Waals surface area (Å²) in [6, 6.07) is 3.30. The quantitative estimate of drug-likeness (QED) is 0.797. The van der Waals surface area contributed by atoms with Crippen molar-refractivity contribution < 1.29 is 19.0 Å². The van der Waals surface area contributed by atoms with Gasteiger partial charge in [-0.3, -0.25) is 4.79 Å². The van der Waals surface area contributed by atoms with Gasteiger partial charge < -0.3 is 19.1 Å². The minimum Gasteiger partial charge on any atom is -0.497 e. The Hall–Kier alpha value is -1.91. The van der Waals surface area contributed by atoms with E-state index < -0.39 is 0 Å². The van der Waals surface area contributed by atoms with Crippen LogP contribution in [0.15, 0.2) is 12.1 Å². The zero-order chi connectivity index (χ0) is 13.0. The zero-order valence-electron chi connectivity index (χ0n) is 10.7. The topological polar surface area (TPSA) is 48.0 Å². The van der Waals surface area contributed by atoms with Crippen molar-refractivity contribution in [2.24, 2.45) is 0 Å². The average molecular weight is 239 g/mol. The van der Waals surface area contributed by atoms with E-state index in [4.69, 9.17) is 14.2 Å². The van der Waals surface area contributed by atoms with Crippen molar-refractivity contribution >= 4 is 5.91 Å². The van der Waals surface area contributed by atoms with Crippen LogP contribution in [-0.2, 0) is 0 Å². The first-order valence-electron chi connectivity index (χ1n) is 5.06. The van der Waals surface area contributed by atoms with Crippen LogP contribution >= 0.6 is 0 Å².